The lowest BCUT2D eigenvalue weighted by Gasteiger charge is -2.09. The minimum atomic E-state index is -3.92. The first kappa shape index (κ1) is 15.0. The van der Waals surface area contributed by atoms with Crippen LogP contribution in [0.1, 0.15) is 37.1 Å². The first-order valence-corrected chi connectivity index (χ1v) is 7.98. The fourth-order valence-electron chi connectivity index (χ4n) is 2.27. The summed E-state index contributed by atoms with van der Waals surface area (Å²) in [5.41, 5.74) is 0.238. The minimum absolute atomic E-state index is 0.0579. The number of rotatable bonds is 5. The number of ether oxygens (including phenoxy) is 1. The van der Waals surface area contributed by atoms with Crippen LogP contribution in [0.2, 0.25) is 0 Å². The van der Waals surface area contributed by atoms with E-state index < -0.39 is 15.9 Å². The van der Waals surface area contributed by atoms with E-state index in [9.17, 15) is 13.2 Å². The molecule has 112 valence electrons. The molecule has 0 aliphatic carbocycles. The number of carbonyl (C=O) groups excluding carboxylic acids is 1. The number of aryl methyl sites for hydroxylation is 2. The molecule has 1 N–H and O–H groups in total. The van der Waals surface area contributed by atoms with Gasteiger partial charge >= 0.3 is 0 Å². The molecular weight excluding hydrogens is 284 g/mol. The number of hydrogen-bond acceptors (Lipinski definition) is 6. The van der Waals surface area contributed by atoms with Gasteiger partial charge in [-0.25, -0.2) is 13.1 Å². The highest BCUT2D eigenvalue weighted by Gasteiger charge is 2.26. The second-order valence-corrected chi connectivity index (χ2v) is 6.47. The number of sulfonamides is 1. The van der Waals surface area contributed by atoms with Gasteiger partial charge in [-0.05, 0) is 33.1 Å². The fraction of sp³-hybridized carbons (Fsp3) is 0.667. The Hall–Kier alpha value is -1.41. The normalized spacial score (nSPS) is 19.2. The van der Waals surface area contributed by atoms with Crippen LogP contribution in [0.25, 0.3) is 0 Å². The van der Waals surface area contributed by atoms with Crippen molar-refractivity contribution >= 4 is 15.9 Å². The Bertz CT molecular complexity index is 567. The standard InChI is InChI=1S/C12H18N2O5S/c1-8-12(9(2)19-13-8)20(16,17)14-11(15)6-5-10-4-3-7-18-10/h10H,3-7H2,1-2H3,(H,14,15)/t10-/m0/s1. The second kappa shape index (κ2) is 5.92. The summed E-state index contributed by atoms with van der Waals surface area (Å²) in [6.45, 7) is 3.72. The van der Waals surface area contributed by atoms with Gasteiger partial charge in [0.05, 0.1) is 6.10 Å². The van der Waals surface area contributed by atoms with E-state index in [1.807, 2.05) is 4.72 Å². The fourth-order valence-corrected chi connectivity index (χ4v) is 3.62. The second-order valence-electron chi connectivity index (χ2n) is 4.86. The molecule has 1 aromatic rings. The Morgan fingerprint density at radius 3 is 2.75 bits per heavy atom. The zero-order chi connectivity index (χ0) is 14.8. The molecule has 1 saturated heterocycles. The number of amides is 1. The van der Waals surface area contributed by atoms with Crippen molar-refractivity contribution in [2.24, 2.45) is 0 Å². The largest absolute Gasteiger partial charge is 0.378 e. The van der Waals surface area contributed by atoms with Crippen molar-refractivity contribution in [1.82, 2.24) is 9.88 Å². The number of hydrogen-bond donors (Lipinski definition) is 1. The van der Waals surface area contributed by atoms with Gasteiger partial charge in [0.15, 0.2) is 10.7 Å². The number of nitrogens with zero attached hydrogens (tertiary/aromatic N) is 1. The average Bonchev–Trinajstić information content (AvgIpc) is 2.96. The quantitative estimate of drug-likeness (QED) is 0.873. The highest BCUT2D eigenvalue weighted by atomic mass is 32.2. The van der Waals surface area contributed by atoms with Gasteiger partial charge in [-0.1, -0.05) is 5.16 Å². The van der Waals surface area contributed by atoms with Crippen molar-refractivity contribution in [3.8, 4) is 0 Å². The molecule has 0 saturated carbocycles. The van der Waals surface area contributed by atoms with Gasteiger partial charge in [0.2, 0.25) is 5.91 Å². The molecule has 2 rings (SSSR count). The molecule has 1 amide bonds. The van der Waals surface area contributed by atoms with Crippen molar-refractivity contribution in [3.05, 3.63) is 11.5 Å². The van der Waals surface area contributed by atoms with Crippen LogP contribution >= 0.6 is 0 Å². The Morgan fingerprint density at radius 1 is 1.45 bits per heavy atom. The lowest BCUT2D eigenvalue weighted by atomic mass is 10.1. The zero-order valence-corrected chi connectivity index (χ0v) is 12.3. The molecule has 0 unspecified atom stereocenters. The van der Waals surface area contributed by atoms with Gasteiger partial charge in [0.25, 0.3) is 10.0 Å². The molecule has 2 heterocycles. The van der Waals surface area contributed by atoms with Gasteiger partial charge in [-0.15, -0.1) is 0 Å². The van der Waals surface area contributed by atoms with Crippen LogP contribution in [0, 0.1) is 13.8 Å². The van der Waals surface area contributed by atoms with E-state index in [1.165, 1.54) is 13.8 Å². The maximum absolute atomic E-state index is 12.1. The summed E-state index contributed by atoms with van der Waals surface area (Å²) >= 11 is 0. The number of nitrogens with one attached hydrogen (secondary N) is 1. The maximum Gasteiger partial charge on any atom is 0.269 e. The van der Waals surface area contributed by atoms with E-state index in [0.29, 0.717) is 13.0 Å². The Balaban J connectivity index is 1.96. The van der Waals surface area contributed by atoms with Crippen LogP contribution < -0.4 is 4.72 Å². The SMILES string of the molecule is Cc1noc(C)c1S(=O)(=O)NC(=O)CC[C@@H]1CCCO1. The summed E-state index contributed by atoms with van der Waals surface area (Å²) < 4.78 is 36.4. The zero-order valence-electron chi connectivity index (χ0n) is 11.5. The molecule has 1 aliphatic rings. The van der Waals surface area contributed by atoms with Gasteiger partial charge in [0, 0.05) is 13.0 Å². The molecule has 1 fully saturated rings. The lowest BCUT2D eigenvalue weighted by Crippen LogP contribution is -2.31. The molecule has 0 spiro atoms. The number of aromatic nitrogens is 1. The topological polar surface area (TPSA) is 98.5 Å². The van der Waals surface area contributed by atoms with E-state index in [-0.39, 0.29) is 28.9 Å². The predicted octanol–water partition coefficient (Wildman–Crippen LogP) is 1.06. The van der Waals surface area contributed by atoms with Crippen LogP contribution in [0.5, 0.6) is 0 Å². The average molecular weight is 302 g/mol. The summed E-state index contributed by atoms with van der Waals surface area (Å²) in [6.07, 6.45) is 2.62. The summed E-state index contributed by atoms with van der Waals surface area (Å²) in [5.74, 6) is -0.373. The molecule has 1 atom stereocenters. The van der Waals surface area contributed by atoms with Crippen molar-refractivity contribution < 1.29 is 22.5 Å². The highest BCUT2D eigenvalue weighted by Crippen LogP contribution is 2.19. The molecule has 7 nitrogen and oxygen atoms in total. The maximum atomic E-state index is 12.1. The third-order valence-corrected chi connectivity index (χ3v) is 4.82. The monoisotopic (exact) mass is 302 g/mol. The molecule has 20 heavy (non-hydrogen) atoms. The van der Waals surface area contributed by atoms with E-state index in [0.717, 1.165) is 12.8 Å². The van der Waals surface area contributed by atoms with Crippen LogP contribution in [-0.2, 0) is 19.6 Å². The minimum Gasteiger partial charge on any atom is -0.378 e. The first-order valence-electron chi connectivity index (χ1n) is 6.50. The summed E-state index contributed by atoms with van der Waals surface area (Å²) in [4.78, 5) is 11.7. The smallest absolute Gasteiger partial charge is 0.269 e. The molecule has 0 bridgehead atoms. The Morgan fingerprint density at radius 2 is 2.20 bits per heavy atom. The molecule has 0 aromatic carbocycles. The van der Waals surface area contributed by atoms with Crippen molar-refractivity contribution in [1.29, 1.82) is 0 Å². The molecule has 1 aliphatic heterocycles. The highest BCUT2D eigenvalue weighted by molar-refractivity contribution is 7.90. The molecular formula is C12H18N2O5S. The molecule has 1 aromatic heterocycles. The Kier molecular flexibility index (Phi) is 4.44. The van der Waals surface area contributed by atoms with Crippen LogP contribution in [0.15, 0.2) is 9.42 Å². The Labute approximate surface area is 117 Å². The number of carbonyl (C=O) groups is 1. The van der Waals surface area contributed by atoms with E-state index in [4.69, 9.17) is 9.26 Å². The third kappa shape index (κ3) is 3.37. The lowest BCUT2D eigenvalue weighted by molar-refractivity contribution is -0.119. The van der Waals surface area contributed by atoms with E-state index in [1.54, 1.807) is 0 Å². The predicted molar refractivity (Wildman–Crippen MR) is 69.5 cm³/mol. The van der Waals surface area contributed by atoms with Crippen LogP contribution in [-0.4, -0.2) is 32.2 Å². The van der Waals surface area contributed by atoms with Crippen LogP contribution in [0.3, 0.4) is 0 Å². The van der Waals surface area contributed by atoms with Crippen molar-refractivity contribution in [3.63, 3.8) is 0 Å². The van der Waals surface area contributed by atoms with E-state index >= 15 is 0 Å². The summed E-state index contributed by atoms with van der Waals surface area (Å²) in [5, 5.41) is 3.57. The third-order valence-electron chi connectivity index (χ3n) is 3.20. The van der Waals surface area contributed by atoms with Crippen LogP contribution in [0.4, 0.5) is 0 Å². The molecule has 0 radical (unpaired) electrons. The summed E-state index contributed by atoms with van der Waals surface area (Å²) in [7, 11) is -3.92. The molecule has 8 heteroatoms. The van der Waals surface area contributed by atoms with Gasteiger partial charge < -0.3 is 9.26 Å². The van der Waals surface area contributed by atoms with Crippen molar-refractivity contribution in [2.75, 3.05) is 6.61 Å². The van der Waals surface area contributed by atoms with Gasteiger partial charge in [-0.3, -0.25) is 4.79 Å². The van der Waals surface area contributed by atoms with Gasteiger partial charge in [0.1, 0.15) is 5.69 Å². The first-order chi connectivity index (χ1) is 9.40. The van der Waals surface area contributed by atoms with Gasteiger partial charge in [-0.2, -0.15) is 0 Å². The van der Waals surface area contributed by atoms with E-state index in [2.05, 4.69) is 5.16 Å². The van der Waals surface area contributed by atoms with Crippen molar-refractivity contribution in [2.45, 2.75) is 50.5 Å². The summed E-state index contributed by atoms with van der Waals surface area (Å²) in [6, 6.07) is 0.